The Morgan fingerprint density at radius 2 is 2.05 bits per heavy atom. The lowest BCUT2D eigenvalue weighted by atomic mass is 10.2. The average molecular weight is 340 g/mol. The van der Waals surface area contributed by atoms with Crippen molar-refractivity contribution in [1.29, 1.82) is 0 Å². The van der Waals surface area contributed by atoms with Crippen molar-refractivity contribution < 1.29 is 14.3 Å². The predicted octanol–water partition coefficient (Wildman–Crippen LogP) is 3.21. The van der Waals surface area contributed by atoms with Crippen LogP contribution in [-0.4, -0.2) is 20.1 Å². The van der Waals surface area contributed by atoms with E-state index in [0.29, 0.717) is 18.0 Å². The topological polar surface area (TPSA) is 47.6 Å². The fraction of sp³-hybridized carbons (Fsp3) is 0.267. The van der Waals surface area contributed by atoms with Gasteiger partial charge in [0.05, 0.1) is 18.7 Å². The smallest absolute Gasteiger partial charge is 0.244 e. The molecule has 0 heterocycles. The van der Waals surface area contributed by atoms with Gasteiger partial charge in [-0.3, -0.25) is 4.79 Å². The fourth-order valence-electron chi connectivity index (χ4n) is 1.58. The van der Waals surface area contributed by atoms with Crippen LogP contribution in [0, 0.1) is 0 Å². The molecule has 0 aromatic heterocycles. The zero-order chi connectivity index (χ0) is 15.0. The first-order valence-corrected chi connectivity index (χ1v) is 6.89. The van der Waals surface area contributed by atoms with E-state index >= 15 is 0 Å². The highest BCUT2D eigenvalue weighted by atomic mass is 79.9. The molecule has 0 aliphatic carbocycles. The first-order chi connectivity index (χ1) is 9.62. The predicted molar refractivity (Wildman–Crippen MR) is 83.0 cm³/mol. The van der Waals surface area contributed by atoms with Crippen molar-refractivity contribution in [3.8, 4) is 11.5 Å². The molecule has 0 radical (unpaired) electrons. The molecule has 20 heavy (non-hydrogen) atoms. The maximum absolute atomic E-state index is 11.6. The molecule has 0 atom stereocenters. The number of carbonyl (C=O) groups excluding carboxylic acids is 1. The minimum atomic E-state index is -0.144. The molecule has 0 spiro atoms. The summed E-state index contributed by atoms with van der Waals surface area (Å²) in [5, 5.41) is 2.80. The highest BCUT2D eigenvalue weighted by Gasteiger charge is 2.10. The van der Waals surface area contributed by atoms with Crippen molar-refractivity contribution in [2.75, 3.05) is 14.2 Å². The van der Waals surface area contributed by atoms with Crippen LogP contribution in [0.2, 0.25) is 0 Å². The number of rotatable bonds is 6. The number of hydrogen-bond donors (Lipinski definition) is 1. The second-order valence-electron chi connectivity index (χ2n) is 3.92. The molecule has 1 rings (SSSR count). The van der Waals surface area contributed by atoms with Crippen LogP contribution in [0.15, 0.2) is 40.9 Å². The molecule has 1 amide bonds. The van der Waals surface area contributed by atoms with Crippen molar-refractivity contribution in [2.45, 2.75) is 13.5 Å². The van der Waals surface area contributed by atoms with E-state index in [4.69, 9.17) is 9.47 Å². The zero-order valence-electron chi connectivity index (χ0n) is 11.8. The Morgan fingerprint density at radius 1 is 1.30 bits per heavy atom. The molecule has 1 N–H and O–H groups in total. The van der Waals surface area contributed by atoms with Gasteiger partial charge < -0.3 is 14.8 Å². The number of benzene rings is 1. The molecule has 108 valence electrons. The Bertz CT molecular complexity index is 524. The number of carbonyl (C=O) groups is 1. The third kappa shape index (κ3) is 4.74. The molecule has 0 aliphatic rings. The van der Waals surface area contributed by atoms with E-state index in [1.54, 1.807) is 26.4 Å². The van der Waals surface area contributed by atoms with Crippen LogP contribution in [0.4, 0.5) is 0 Å². The summed E-state index contributed by atoms with van der Waals surface area (Å²) in [5.41, 5.74) is 0.919. The van der Waals surface area contributed by atoms with Crippen LogP contribution in [0.5, 0.6) is 11.5 Å². The van der Waals surface area contributed by atoms with Gasteiger partial charge in [0, 0.05) is 12.6 Å². The first-order valence-electron chi connectivity index (χ1n) is 6.10. The number of ether oxygens (including phenoxy) is 2. The summed E-state index contributed by atoms with van der Waals surface area (Å²) in [6.07, 6.45) is 6.83. The van der Waals surface area contributed by atoms with Crippen LogP contribution in [-0.2, 0) is 11.3 Å². The summed E-state index contributed by atoms with van der Waals surface area (Å²) in [4.78, 5) is 11.6. The molecule has 4 nitrogen and oxygen atoms in total. The van der Waals surface area contributed by atoms with Gasteiger partial charge in [-0.2, -0.15) is 0 Å². The maximum Gasteiger partial charge on any atom is 0.244 e. The molecular formula is C15H18BrNO3. The Kier molecular flexibility index (Phi) is 6.87. The van der Waals surface area contributed by atoms with Gasteiger partial charge in [-0.1, -0.05) is 18.2 Å². The van der Waals surface area contributed by atoms with Gasteiger partial charge >= 0.3 is 0 Å². The number of halogens is 1. The highest BCUT2D eigenvalue weighted by Crippen LogP contribution is 2.36. The van der Waals surface area contributed by atoms with E-state index in [0.717, 1.165) is 10.0 Å². The van der Waals surface area contributed by atoms with E-state index < -0.39 is 0 Å². The molecule has 0 saturated heterocycles. The van der Waals surface area contributed by atoms with Crippen molar-refractivity contribution in [3.05, 3.63) is 46.5 Å². The molecule has 5 heteroatoms. The van der Waals surface area contributed by atoms with Gasteiger partial charge in [-0.25, -0.2) is 0 Å². The van der Waals surface area contributed by atoms with Crippen molar-refractivity contribution in [1.82, 2.24) is 5.32 Å². The number of methoxy groups -OCH3 is 2. The lowest BCUT2D eigenvalue weighted by Crippen LogP contribution is -2.20. The summed E-state index contributed by atoms with van der Waals surface area (Å²) in [5.74, 6) is 1.11. The number of allylic oxidation sites excluding steroid dienone is 3. The molecule has 0 bridgehead atoms. The van der Waals surface area contributed by atoms with Gasteiger partial charge in [-0.05, 0) is 40.5 Å². The Morgan fingerprint density at radius 3 is 2.65 bits per heavy atom. The van der Waals surface area contributed by atoms with Gasteiger partial charge in [0.25, 0.3) is 0 Å². The van der Waals surface area contributed by atoms with E-state index in [9.17, 15) is 4.79 Å². The number of hydrogen-bond acceptors (Lipinski definition) is 3. The third-order valence-electron chi connectivity index (χ3n) is 2.51. The van der Waals surface area contributed by atoms with Gasteiger partial charge in [-0.15, -0.1) is 0 Å². The number of nitrogens with one attached hydrogen (secondary N) is 1. The van der Waals surface area contributed by atoms with E-state index in [-0.39, 0.29) is 5.91 Å². The fourth-order valence-corrected chi connectivity index (χ4v) is 2.23. The standard InChI is InChI=1S/C15H18BrNO3/c1-4-5-6-7-14(18)17-10-11-8-12(16)15(20-3)13(9-11)19-2/h4-9H,10H2,1-3H3,(H,17,18)/b5-4+,7-6-. The van der Waals surface area contributed by atoms with Crippen LogP contribution in [0.25, 0.3) is 0 Å². The van der Waals surface area contributed by atoms with Crippen LogP contribution in [0.3, 0.4) is 0 Å². The summed E-state index contributed by atoms with van der Waals surface area (Å²) >= 11 is 3.42. The minimum Gasteiger partial charge on any atom is -0.493 e. The van der Waals surface area contributed by atoms with Crippen molar-refractivity contribution in [3.63, 3.8) is 0 Å². The van der Waals surface area contributed by atoms with E-state index in [1.807, 2.05) is 25.1 Å². The minimum absolute atomic E-state index is 0.144. The Balaban J connectivity index is 2.74. The highest BCUT2D eigenvalue weighted by molar-refractivity contribution is 9.10. The molecule has 0 aliphatic heterocycles. The number of amides is 1. The molecule has 0 fully saturated rings. The van der Waals surface area contributed by atoms with Gasteiger partial charge in [0.15, 0.2) is 11.5 Å². The lowest BCUT2D eigenvalue weighted by molar-refractivity contribution is -0.116. The first kappa shape index (κ1) is 16.3. The van der Waals surface area contributed by atoms with Crippen LogP contribution < -0.4 is 14.8 Å². The SMILES string of the molecule is C/C=C/C=C\C(=O)NCc1cc(Br)c(OC)c(OC)c1. The summed E-state index contributed by atoms with van der Waals surface area (Å²) in [6, 6.07) is 3.72. The average Bonchev–Trinajstić information content (AvgIpc) is 2.44. The lowest BCUT2D eigenvalue weighted by Gasteiger charge is -2.12. The van der Waals surface area contributed by atoms with Crippen molar-refractivity contribution >= 4 is 21.8 Å². The summed E-state index contributed by atoms with van der Waals surface area (Å²) in [6.45, 7) is 2.31. The third-order valence-corrected chi connectivity index (χ3v) is 3.10. The van der Waals surface area contributed by atoms with Crippen LogP contribution in [0.1, 0.15) is 12.5 Å². The zero-order valence-corrected chi connectivity index (χ0v) is 13.4. The second kappa shape index (κ2) is 8.43. The Hall–Kier alpha value is -1.75. The van der Waals surface area contributed by atoms with E-state index in [1.165, 1.54) is 6.08 Å². The molecule has 0 unspecified atom stereocenters. The van der Waals surface area contributed by atoms with Crippen molar-refractivity contribution in [2.24, 2.45) is 0 Å². The largest absolute Gasteiger partial charge is 0.493 e. The monoisotopic (exact) mass is 339 g/mol. The van der Waals surface area contributed by atoms with Gasteiger partial charge in [0.2, 0.25) is 5.91 Å². The summed E-state index contributed by atoms with van der Waals surface area (Å²) < 4.78 is 11.3. The molecular weight excluding hydrogens is 322 g/mol. The molecule has 1 aromatic rings. The summed E-state index contributed by atoms with van der Waals surface area (Å²) in [7, 11) is 3.16. The van der Waals surface area contributed by atoms with E-state index in [2.05, 4.69) is 21.2 Å². The quantitative estimate of drug-likeness (QED) is 0.639. The second-order valence-corrected chi connectivity index (χ2v) is 4.77. The Labute approximate surface area is 127 Å². The molecule has 0 saturated carbocycles. The van der Waals surface area contributed by atoms with Gasteiger partial charge in [0.1, 0.15) is 0 Å². The normalized spacial score (nSPS) is 11.0. The molecule has 1 aromatic carbocycles. The maximum atomic E-state index is 11.6. The van der Waals surface area contributed by atoms with Crippen LogP contribution >= 0.6 is 15.9 Å².